The number of ether oxygens (including phenoxy) is 1. The number of benzene rings is 1. The van der Waals surface area contributed by atoms with E-state index in [0.717, 1.165) is 0 Å². The maximum Gasteiger partial charge on any atom is 0.387 e. The van der Waals surface area contributed by atoms with Gasteiger partial charge in [-0.3, -0.25) is 0 Å². The van der Waals surface area contributed by atoms with Crippen molar-refractivity contribution >= 4 is 27.0 Å². The number of rotatable bonds is 3. The zero-order chi connectivity index (χ0) is 11.7. The Bertz CT molecular complexity index is 513. The molecule has 1 aromatic heterocycles. The number of hydrogen-bond donors (Lipinski definition) is 0. The molecule has 2 rings (SSSR count). The Morgan fingerprint density at radius 1 is 1.50 bits per heavy atom. The molecule has 0 unspecified atom stereocenters. The molecule has 2 aromatic rings. The van der Waals surface area contributed by atoms with Crippen LogP contribution in [0.3, 0.4) is 0 Å². The van der Waals surface area contributed by atoms with Gasteiger partial charge in [0.2, 0.25) is 0 Å². The Balaban J connectivity index is 2.58. The number of aromatic nitrogens is 1. The molecule has 1 heterocycles. The van der Waals surface area contributed by atoms with E-state index in [9.17, 15) is 8.78 Å². The summed E-state index contributed by atoms with van der Waals surface area (Å²) in [7, 11) is 0. The third kappa shape index (κ3) is 2.02. The lowest BCUT2D eigenvalue weighted by molar-refractivity contribution is -0.0489. The monoisotopic (exact) mass is 291 g/mol. The molecule has 86 valence electrons. The maximum atomic E-state index is 12.1. The smallest absolute Gasteiger partial charge is 0.387 e. The molecule has 0 fully saturated rings. The van der Waals surface area contributed by atoms with Crippen LogP contribution in [-0.4, -0.2) is 11.6 Å². The summed E-state index contributed by atoms with van der Waals surface area (Å²) in [5, 5.41) is 0. The van der Waals surface area contributed by atoms with Crippen molar-refractivity contribution < 1.29 is 17.9 Å². The first kappa shape index (κ1) is 11.3. The van der Waals surface area contributed by atoms with Crippen LogP contribution in [0.25, 0.3) is 11.1 Å². The van der Waals surface area contributed by atoms with Crippen molar-refractivity contribution in [1.29, 1.82) is 0 Å². The van der Waals surface area contributed by atoms with E-state index in [0.29, 0.717) is 27.9 Å². The zero-order valence-corrected chi connectivity index (χ0v) is 9.92. The molecular formula is C10H8BrF2NO2. The first-order chi connectivity index (χ1) is 7.61. The fourth-order valence-corrected chi connectivity index (χ4v) is 1.74. The van der Waals surface area contributed by atoms with Crippen molar-refractivity contribution in [2.24, 2.45) is 0 Å². The zero-order valence-electron chi connectivity index (χ0n) is 8.34. The predicted octanol–water partition coefficient (Wildman–Crippen LogP) is 3.75. The number of aryl methyl sites for hydroxylation is 1. The Kier molecular flexibility index (Phi) is 3.09. The molecule has 0 bridgehead atoms. The van der Waals surface area contributed by atoms with E-state index in [1.165, 1.54) is 6.07 Å². The molecule has 0 radical (unpaired) electrons. The van der Waals surface area contributed by atoms with Gasteiger partial charge in [-0.2, -0.15) is 8.78 Å². The molecular weight excluding hydrogens is 284 g/mol. The highest BCUT2D eigenvalue weighted by Crippen LogP contribution is 2.32. The van der Waals surface area contributed by atoms with Crippen LogP contribution in [0.15, 0.2) is 21.0 Å². The molecule has 6 heteroatoms. The average Bonchev–Trinajstić information content (AvgIpc) is 2.66. The topological polar surface area (TPSA) is 35.3 Å². The lowest BCUT2D eigenvalue weighted by atomic mass is 10.3. The summed E-state index contributed by atoms with van der Waals surface area (Å²) in [6.45, 7) is -1.00. The lowest BCUT2D eigenvalue weighted by Crippen LogP contribution is -2.02. The Labute approximate surface area is 98.5 Å². The molecule has 0 N–H and O–H groups in total. The van der Waals surface area contributed by atoms with E-state index in [2.05, 4.69) is 25.7 Å². The van der Waals surface area contributed by atoms with E-state index in [1.807, 2.05) is 6.92 Å². The summed E-state index contributed by atoms with van der Waals surface area (Å²) in [4.78, 5) is 4.09. The van der Waals surface area contributed by atoms with Gasteiger partial charge in [-0.1, -0.05) is 6.92 Å². The minimum absolute atomic E-state index is 0.0247. The highest BCUT2D eigenvalue weighted by Gasteiger charge is 2.15. The van der Waals surface area contributed by atoms with Crippen molar-refractivity contribution in [3.8, 4) is 5.75 Å². The van der Waals surface area contributed by atoms with Gasteiger partial charge in [-0.25, -0.2) is 4.98 Å². The Morgan fingerprint density at radius 2 is 2.25 bits per heavy atom. The second kappa shape index (κ2) is 4.37. The number of nitrogens with zero attached hydrogens (tertiary/aromatic N) is 1. The lowest BCUT2D eigenvalue weighted by Gasteiger charge is -2.04. The highest BCUT2D eigenvalue weighted by molar-refractivity contribution is 9.10. The molecule has 1 aromatic carbocycles. The number of halogens is 3. The highest BCUT2D eigenvalue weighted by atomic mass is 79.9. The fraction of sp³-hybridized carbons (Fsp3) is 0.300. The number of oxazole rings is 1. The minimum atomic E-state index is -2.87. The van der Waals surface area contributed by atoms with Crippen LogP contribution in [0, 0.1) is 0 Å². The molecule has 0 amide bonds. The largest absolute Gasteiger partial charge is 0.439 e. The normalized spacial score (nSPS) is 11.3. The Morgan fingerprint density at radius 3 is 2.88 bits per heavy atom. The predicted molar refractivity (Wildman–Crippen MR) is 57.7 cm³/mol. The first-order valence-corrected chi connectivity index (χ1v) is 5.44. The van der Waals surface area contributed by atoms with Crippen molar-refractivity contribution in [1.82, 2.24) is 4.98 Å². The van der Waals surface area contributed by atoms with Gasteiger partial charge in [0.1, 0.15) is 0 Å². The van der Waals surface area contributed by atoms with E-state index >= 15 is 0 Å². The summed E-state index contributed by atoms with van der Waals surface area (Å²) in [6.07, 6.45) is 0.592. The van der Waals surface area contributed by atoms with Gasteiger partial charge >= 0.3 is 6.61 Å². The minimum Gasteiger partial charge on any atom is -0.439 e. The molecule has 0 aliphatic rings. The van der Waals surface area contributed by atoms with E-state index < -0.39 is 6.61 Å². The fourth-order valence-electron chi connectivity index (χ4n) is 1.34. The summed E-state index contributed by atoms with van der Waals surface area (Å²) >= 11 is 3.26. The molecule has 0 aliphatic heterocycles. The van der Waals surface area contributed by atoms with Crippen molar-refractivity contribution in [2.45, 2.75) is 20.0 Å². The van der Waals surface area contributed by atoms with Gasteiger partial charge in [0.25, 0.3) is 0 Å². The SMILES string of the molecule is CCc1nc2c(OC(F)F)ccc(Br)c2o1. The van der Waals surface area contributed by atoms with Gasteiger partial charge in [-0.05, 0) is 28.1 Å². The van der Waals surface area contributed by atoms with Gasteiger partial charge < -0.3 is 9.15 Å². The van der Waals surface area contributed by atoms with Gasteiger partial charge in [-0.15, -0.1) is 0 Å². The molecule has 0 saturated carbocycles. The molecule has 16 heavy (non-hydrogen) atoms. The summed E-state index contributed by atoms with van der Waals surface area (Å²) in [6, 6.07) is 3.02. The van der Waals surface area contributed by atoms with Crippen molar-refractivity contribution in [3.05, 3.63) is 22.5 Å². The van der Waals surface area contributed by atoms with E-state index in [1.54, 1.807) is 6.07 Å². The standard InChI is InChI=1S/C10H8BrF2NO2/c1-2-7-14-8-6(15-10(12)13)4-3-5(11)9(8)16-7/h3-4,10H,2H2,1H3. The third-order valence-corrected chi connectivity index (χ3v) is 2.65. The van der Waals surface area contributed by atoms with Crippen LogP contribution in [0.5, 0.6) is 5.75 Å². The molecule has 0 spiro atoms. The summed E-state index contributed by atoms with van der Waals surface area (Å²) in [5.74, 6) is 0.512. The molecule has 0 atom stereocenters. The first-order valence-electron chi connectivity index (χ1n) is 4.64. The van der Waals surface area contributed by atoms with E-state index in [-0.39, 0.29) is 5.75 Å². The van der Waals surface area contributed by atoms with Crippen molar-refractivity contribution in [3.63, 3.8) is 0 Å². The van der Waals surface area contributed by atoms with Crippen LogP contribution >= 0.6 is 15.9 Å². The van der Waals surface area contributed by atoms with Crippen LogP contribution in [0.2, 0.25) is 0 Å². The second-order valence-electron chi connectivity index (χ2n) is 3.06. The quantitative estimate of drug-likeness (QED) is 0.864. The van der Waals surface area contributed by atoms with E-state index in [4.69, 9.17) is 4.42 Å². The van der Waals surface area contributed by atoms with Crippen LogP contribution < -0.4 is 4.74 Å². The average molecular weight is 292 g/mol. The van der Waals surface area contributed by atoms with Crippen LogP contribution in [0.4, 0.5) is 8.78 Å². The summed E-state index contributed by atoms with van der Waals surface area (Å²) < 4.78 is 34.7. The summed E-state index contributed by atoms with van der Waals surface area (Å²) in [5.41, 5.74) is 0.738. The maximum absolute atomic E-state index is 12.1. The second-order valence-corrected chi connectivity index (χ2v) is 3.92. The van der Waals surface area contributed by atoms with Crippen molar-refractivity contribution in [2.75, 3.05) is 0 Å². The van der Waals surface area contributed by atoms with Crippen LogP contribution in [-0.2, 0) is 6.42 Å². The molecule has 3 nitrogen and oxygen atoms in total. The number of alkyl halides is 2. The number of fused-ring (bicyclic) bond motifs is 1. The third-order valence-electron chi connectivity index (χ3n) is 2.02. The van der Waals surface area contributed by atoms with Crippen LogP contribution in [0.1, 0.15) is 12.8 Å². The van der Waals surface area contributed by atoms with Gasteiger partial charge in [0.15, 0.2) is 22.7 Å². The Hall–Kier alpha value is -1.17. The molecule has 0 aliphatic carbocycles. The molecule has 0 saturated heterocycles. The van der Waals surface area contributed by atoms with Gasteiger partial charge in [0, 0.05) is 6.42 Å². The van der Waals surface area contributed by atoms with Gasteiger partial charge in [0.05, 0.1) is 4.47 Å². The number of hydrogen-bond acceptors (Lipinski definition) is 3.